The Labute approximate surface area is 107 Å². The van der Waals surface area contributed by atoms with Gasteiger partial charge < -0.3 is 5.73 Å². The molecule has 0 saturated heterocycles. The lowest BCUT2D eigenvalue weighted by molar-refractivity contribution is 0.300. The monoisotopic (exact) mass is 255 g/mol. The van der Waals surface area contributed by atoms with E-state index in [9.17, 15) is 4.39 Å². The zero-order valence-corrected chi connectivity index (χ0v) is 11.0. The highest BCUT2D eigenvalue weighted by atomic mass is 35.5. The van der Waals surface area contributed by atoms with E-state index in [0.29, 0.717) is 12.1 Å². The zero-order chi connectivity index (χ0) is 12.5. The minimum Gasteiger partial charge on any atom is -0.330 e. The van der Waals surface area contributed by atoms with Gasteiger partial charge in [0, 0.05) is 12.0 Å². The fourth-order valence-electron chi connectivity index (χ4n) is 2.87. The lowest BCUT2D eigenvalue weighted by Gasteiger charge is -2.37. The van der Waals surface area contributed by atoms with Gasteiger partial charge in [0.05, 0.1) is 5.02 Å². The average molecular weight is 256 g/mol. The Bertz CT molecular complexity index is 411. The van der Waals surface area contributed by atoms with Crippen LogP contribution < -0.4 is 5.73 Å². The van der Waals surface area contributed by atoms with Crippen molar-refractivity contribution in [2.24, 2.45) is 5.73 Å². The summed E-state index contributed by atoms with van der Waals surface area (Å²) in [6.45, 7) is 2.29. The minimum absolute atomic E-state index is 0.107. The number of aryl methyl sites for hydroxylation is 1. The lowest BCUT2D eigenvalue weighted by atomic mass is 9.69. The van der Waals surface area contributed by atoms with Crippen molar-refractivity contribution in [3.63, 3.8) is 0 Å². The SMILES string of the molecule is Cc1ccc(C2(CN)CCCCC2)c(Cl)c1F. The van der Waals surface area contributed by atoms with Gasteiger partial charge in [-0.25, -0.2) is 4.39 Å². The average Bonchev–Trinajstić information content (AvgIpc) is 2.37. The molecule has 94 valence electrons. The molecule has 0 heterocycles. The maximum absolute atomic E-state index is 13.9. The molecular weight excluding hydrogens is 237 g/mol. The van der Waals surface area contributed by atoms with Crippen molar-refractivity contribution in [1.29, 1.82) is 0 Å². The van der Waals surface area contributed by atoms with E-state index < -0.39 is 0 Å². The predicted molar refractivity (Wildman–Crippen MR) is 70.0 cm³/mol. The van der Waals surface area contributed by atoms with Gasteiger partial charge in [-0.15, -0.1) is 0 Å². The summed E-state index contributed by atoms with van der Waals surface area (Å²) in [6, 6.07) is 3.77. The third-order valence-electron chi connectivity index (χ3n) is 4.05. The summed E-state index contributed by atoms with van der Waals surface area (Å²) in [5.41, 5.74) is 7.34. The maximum atomic E-state index is 13.9. The summed E-state index contributed by atoms with van der Waals surface area (Å²) in [5, 5.41) is 0.275. The van der Waals surface area contributed by atoms with Crippen molar-refractivity contribution in [2.45, 2.75) is 44.4 Å². The number of halogens is 2. The molecule has 2 N–H and O–H groups in total. The lowest BCUT2D eigenvalue weighted by Crippen LogP contribution is -2.37. The van der Waals surface area contributed by atoms with Gasteiger partial charge in [-0.05, 0) is 30.9 Å². The summed E-state index contributed by atoms with van der Waals surface area (Å²) < 4.78 is 13.9. The Morgan fingerprint density at radius 2 is 1.94 bits per heavy atom. The molecule has 0 unspecified atom stereocenters. The van der Waals surface area contributed by atoms with Crippen LogP contribution in [-0.4, -0.2) is 6.54 Å². The molecule has 3 heteroatoms. The molecule has 0 amide bonds. The van der Waals surface area contributed by atoms with Crippen LogP contribution in [0.2, 0.25) is 5.02 Å². The topological polar surface area (TPSA) is 26.0 Å². The molecule has 0 spiro atoms. The highest BCUT2D eigenvalue weighted by molar-refractivity contribution is 6.31. The number of hydrogen-bond donors (Lipinski definition) is 1. The predicted octanol–water partition coefficient (Wildman–Crippen LogP) is 3.95. The molecule has 1 aromatic carbocycles. The van der Waals surface area contributed by atoms with Crippen molar-refractivity contribution < 1.29 is 4.39 Å². The Balaban J connectivity index is 2.47. The minimum atomic E-state index is -0.289. The summed E-state index contributed by atoms with van der Waals surface area (Å²) in [7, 11) is 0. The Hall–Kier alpha value is -0.600. The van der Waals surface area contributed by atoms with Gasteiger partial charge in [0.1, 0.15) is 5.82 Å². The van der Waals surface area contributed by atoms with Crippen molar-refractivity contribution in [2.75, 3.05) is 6.54 Å². The van der Waals surface area contributed by atoms with E-state index in [1.807, 2.05) is 12.1 Å². The van der Waals surface area contributed by atoms with E-state index in [-0.39, 0.29) is 16.3 Å². The van der Waals surface area contributed by atoms with Gasteiger partial charge in [0.15, 0.2) is 0 Å². The van der Waals surface area contributed by atoms with Gasteiger partial charge in [-0.1, -0.05) is 43.0 Å². The number of hydrogen-bond acceptors (Lipinski definition) is 1. The molecule has 0 aromatic heterocycles. The summed E-state index contributed by atoms with van der Waals surface area (Å²) in [5.74, 6) is -0.289. The van der Waals surface area contributed by atoms with Gasteiger partial charge in [-0.3, -0.25) is 0 Å². The molecule has 0 atom stereocenters. The molecule has 0 bridgehead atoms. The molecule has 1 aliphatic carbocycles. The Morgan fingerprint density at radius 1 is 1.29 bits per heavy atom. The second-order valence-electron chi connectivity index (χ2n) is 5.10. The van der Waals surface area contributed by atoms with Gasteiger partial charge >= 0.3 is 0 Å². The van der Waals surface area contributed by atoms with Crippen LogP contribution in [0.5, 0.6) is 0 Å². The molecule has 1 nitrogen and oxygen atoms in total. The molecule has 0 radical (unpaired) electrons. The maximum Gasteiger partial charge on any atom is 0.144 e. The Kier molecular flexibility index (Phi) is 3.74. The normalized spacial score (nSPS) is 19.3. The van der Waals surface area contributed by atoms with Crippen LogP contribution in [0.4, 0.5) is 4.39 Å². The van der Waals surface area contributed by atoms with Crippen molar-refractivity contribution in [3.8, 4) is 0 Å². The summed E-state index contributed by atoms with van der Waals surface area (Å²) in [6.07, 6.45) is 5.59. The summed E-state index contributed by atoms with van der Waals surface area (Å²) >= 11 is 6.17. The van der Waals surface area contributed by atoms with E-state index in [1.165, 1.54) is 6.42 Å². The van der Waals surface area contributed by atoms with E-state index >= 15 is 0 Å². The first-order valence-electron chi connectivity index (χ1n) is 6.26. The van der Waals surface area contributed by atoms with E-state index in [0.717, 1.165) is 31.2 Å². The second kappa shape index (κ2) is 4.95. The molecule has 1 fully saturated rings. The molecule has 1 aromatic rings. The highest BCUT2D eigenvalue weighted by Gasteiger charge is 2.35. The molecule has 1 aliphatic rings. The first-order chi connectivity index (χ1) is 8.10. The third-order valence-corrected chi connectivity index (χ3v) is 4.42. The van der Waals surface area contributed by atoms with Crippen molar-refractivity contribution in [3.05, 3.63) is 34.1 Å². The van der Waals surface area contributed by atoms with Crippen LogP contribution in [0.25, 0.3) is 0 Å². The fourth-order valence-corrected chi connectivity index (χ4v) is 3.28. The zero-order valence-electron chi connectivity index (χ0n) is 10.2. The summed E-state index contributed by atoms with van der Waals surface area (Å²) in [4.78, 5) is 0. The largest absolute Gasteiger partial charge is 0.330 e. The first kappa shape index (κ1) is 12.8. The van der Waals surface area contributed by atoms with Crippen molar-refractivity contribution >= 4 is 11.6 Å². The molecule has 2 rings (SSSR count). The van der Waals surface area contributed by atoms with Gasteiger partial charge in [-0.2, -0.15) is 0 Å². The molecule has 17 heavy (non-hydrogen) atoms. The molecule has 1 saturated carbocycles. The van der Waals surface area contributed by atoms with Crippen LogP contribution in [0.3, 0.4) is 0 Å². The molecular formula is C14H19ClFN. The van der Waals surface area contributed by atoms with Crippen LogP contribution in [0.15, 0.2) is 12.1 Å². The number of benzene rings is 1. The van der Waals surface area contributed by atoms with E-state index in [4.69, 9.17) is 17.3 Å². The molecule has 0 aliphatic heterocycles. The number of rotatable bonds is 2. The van der Waals surface area contributed by atoms with Crippen LogP contribution in [0.1, 0.15) is 43.2 Å². The first-order valence-corrected chi connectivity index (χ1v) is 6.64. The second-order valence-corrected chi connectivity index (χ2v) is 5.48. The smallest absolute Gasteiger partial charge is 0.144 e. The fraction of sp³-hybridized carbons (Fsp3) is 0.571. The quantitative estimate of drug-likeness (QED) is 0.851. The standard InChI is InChI=1S/C14H19ClFN/c1-10-5-6-11(12(15)13(10)16)14(9-17)7-3-2-4-8-14/h5-6H,2-4,7-9,17H2,1H3. The van der Waals surface area contributed by atoms with Gasteiger partial charge in [0.2, 0.25) is 0 Å². The van der Waals surface area contributed by atoms with E-state index in [2.05, 4.69) is 0 Å². The van der Waals surface area contributed by atoms with Crippen LogP contribution >= 0.6 is 11.6 Å². The van der Waals surface area contributed by atoms with Crippen molar-refractivity contribution in [1.82, 2.24) is 0 Å². The van der Waals surface area contributed by atoms with Crippen LogP contribution in [0, 0.1) is 12.7 Å². The van der Waals surface area contributed by atoms with E-state index in [1.54, 1.807) is 6.92 Å². The highest BCUT2D eigenvalue weighted by Crippen LogP contribution is 2.42. The van der Waals surface area contributed by atoms with Gasteiger partial charge in [0.25, 0.3) is 0 Å². The van der Waals surface area contributed by atoms with Crippen LogP contribution in [-0.2, 0) is 5.41 Å². The number of nitrogens with two attached hydrogens (primary N) is 1. The third kappa shape index (κ3) is 2.21. The Morgan fingerprint density at radius 3 is 2.53 bits per heavy atom.